The van der Waals surface area contributed by atoms with Crippen LogP contribution in [0.1, 0.15) is 19.3 Å². The number of rotatable bonds is 7. The van der Waals surface area contributed by atoms with Gasteiger partial charge >= 0.3 is 8.80 Å². The standard InChI is InChI=1S/C10H23NO4Si/c1-13-16(14-2,15-3)9-5-8-11-7-4-6-10(11)12/h10,12H,4-9H2,1-3H3. The third-order valence-corrected chi connectivity index (χ3v) is 6.02. The largest absolute Gasteiger partial charge is 0.500 e. The monoisotopic (exact) mass is 249 g/mol. The number of hydrogen-bond donors (Lipinski definition) is 1. The average molecular weight is 249 g/mol. The summed E-state index contributed by atoms with van der Waals surface area (Å²) in [6.45, 7) is 1.87. The highest BCUT2D eigenvalue weighted by Gasteiger charge is 2.37. The number of aliphatic hydroxyl groups excluding tert-OH is 1. The maximum atomic E-state index is 9.63. The quantitative estimate of drug-likeness (QED) is 0.672. The van der Waals surface area contributed by atoms with Gasteiger partial charge in [-0.1, -0.05) is 0 Å². The molecule has 0 aromatic rings. The number of hydrogen-bond acceptors (Lipinski definition) is 5. The molecule has 0 spiro atoms. The van der Waals surface area contributed by atoms with E-state index in [0.29, 0.717) is 0 Å². The van der Waals surface area contributed by atoms with E-state index in [4.69, 9.17) is 13.3 Å². The van der Waals surface area contributed by atoms with Gasteiger partial charge in [-0.25, -0.2) is 0 Å². The Bertz CT molecular complexity index is 193. The Labute approximate surface area is 98.7 Å². The number of nitrogens with zero attached hydrogens (tertiary/aromatic N) is 1. The molecule has 1 heterocycles. The van der Waals surface area contributed by atoms with Crippen molar-refractivity contribution in [3.63, 3.8) is 0 Å². The van der Waals surface area contributed by atoms with Crippen LogP contribution in [0.25, 0.3) is 0 Å². The van der Waals surface area contributed by atoms with E-state index in [-0.39, 0.29) is 6.23 Å². The van der Waals surface area contributed by atoms with E-state index in [0.717, 1.165) is 38.4 Å². The van der Waals surface area contributed by atoms with Crippen molar-refractivity contribution in [3.05, 3.63) is 0 Å². The van der Waals surface area contributed by atoms with Gasteiger partial charge < -0.3 is 18.4 Å². The van der Waals surface area contributed by atoms with E-state index in [1.165, 1.54) is 0 Å². The summed E-state index contributed by atoms with van der Waals surface area (Å²) >= 11 is 0. The SMILES string of the molecule is CO[Si](CCCN1CCCC1O)(OC)OC. The van der Waals surface area contributed by atoms with Gasteiger partial charge in [-0.15, -0.1) is 0 Å². The van der Waals surface area contributed by atoms with Crippen LogP contribution in [-0.2, 0) is 13.3 Å². The first-order valence-electron chi connectivity index (χ1n) is 5.75. The predicted molar refractivity (Wildman–Crippen MR) is 63.0 cm³/mol. The normalized spacial score (nSPS) is 22.9. The van der Waals surface area contributed by atoms with Crippen LogP contribution in [0.4, 0.5) is 0 Å². The molecule has 0 radical (unpaired) electrons. The van der Waals surface area contributed by atoms with Gasteiger partial charge in [-0.2, -0.15) is 0 Å². The van der Waals surface area contributed by atoms with Crippen LogP contribution in [-0.4, -0.2) is 59.5 Å². The first kappa shape index (κ1) is 14.1. The van der Waals surface area contributed by atoms with Crippen molar-refractivity contribution < 1.29 is 18.4 Å². The summed E-state index contributed by atoms with van der Waals surface area (Å²) in [5, 5.41) is 9.63. The van der Waals surface area contributed by atoms with Crippen molar-refractivity contribution in [1.82, 2.24) is 4.90 Å². The molecule has 1 fully saturated rings. The third-order valence-electron chi connectivity index (χ3n) is 3.19. The summed E-state index contributed by atoms with van der Waals surface area (Å²) in [6, 6.07) is 0.791. The lowest BCUT2D eigenvalue weighted by Gasteiger charge is -2.26. The fourth-order valence-electron chi connectivity index (χ4n) is 2.12. The van der Waals surface area contributed by atoms with Crippen LogP contribution in [0.3, 0.4) is 0 Å². The second-order valence-electron chi connectivity index (χ2n) is 4.06. The minimum atomic E-state index is -2.42. The highest BCUT2D eigenvalue weighted by atomic mass is 28.4. The van der Waals surface area contributed by atoms with Crippen molar-refractivity contribution in [2.45, 2.75) is 31.5 Å². The topological polar surface area (TPSA) is 51.2 Å². The van der Waals surface area contributed by atoms with Gasteiger partial charge in [-0.3, -0.25) is 4.90 Å². The van der Waals surface area contributed by atoms with Gasteiger partial charge in [0.1, 0.15) is 6.23 Å². The molecule has 1 atom stereocenters. The zero-order valence-electron chi connectivity index (χ0n) is 10.4. The van der Waals surface area contributed by atoms with Gasteiger partial charge in [0, 0.05) is 40.5 Å². The van der Waals surface area contributed by atoms with Crippen LogP contribution >= 0.6 is 0 Å². The van der Waals surface area contributed by atoms with Crippen molar-refractivity contribution in [2.24, 2.45) is 0 Å². The van der Waals surface area contributed by atoms with Gasteiger partial charge in [0.2, 0.25) is 0 Å². The van der Waals surface area contributed by atoms with Crippen molar-refractivity contribution >= 4 is 8.80 Å². The predicted octanol–water partition coefficient (Wildman–Crippen LogP) is 0.669. The summed E-state index contributed by atoms with van der Waals surface area (Å²) in [5.41, 5.74) is 0. The molecule has 0 saturated carbocycles. The van der Waals surface area contributed by atoms with Crippen LogP contribution < -0.4 is 0 Å². The van der Waals surface area contributed by atoms with E-state index in [9.17, 15) is 5.11 Å². The molecule has 1 unspecified atom stereocenters. The highest BCUT2D eigenvalue weighted by molar-refractivity contribution is 6.60. The second-order valence-corrected chi connectivity index (χ2v) is 7.15. The van der Waals surface area contributed by atoms with E-state index in [2.05, 4.69) is 4.90 Å². The molecule has 1 aliphatic heterocycles. The maximum Gasteiger partial charge on any atom is 0.500 e. The van der Waals surface area contributed by atoms with Crippen LogP contribution in [0.2, 0.25) is 6.04 Å². The number of aliphatic hydroxyl groups is 1. The Morgan fingerprint density at radius 1 is 1.25 bits per heavy atom. The maximum absolute atomic E-state index is 9.63. The van der Waals surface area contributed by atoms with Gasteiger partial charge in [0.15, 0.2) is 0 Å². The van der Waals surface area contributed by atoms with Crippen molar-refractivity contribution in [1.29, 1.82) is 0 Å². The number of likely N-dealkylation sites (tertiary alicyclic amines) is 1. The zero-order valence-corrected chi connectivity index (χ0v) is 11.4. The molecule has 0 bridgehead atoms. The van der Waals surface area contributed by atoms with Gasteiger partial charge in [-0.05, 0) is 19.3 Å². The Hall–Kier alpha value is 0.0169. The second kappa shape index (κ2) is 6.68. The third kappa shape index (κ3) is 3.51. The van der Waals surface area contributed by atoms with E-state index >= 15 is 0 Å². The molecule has 1 aliphatic rings. The summed E-state index contributed by atoms with van der Waals surface area (Å²) in [5.74, 6) is 0. The smallest absolute Gasteiger partial charge is 0.378 e. The Morgan fingerprint density at radius 3 is 2.31 bits per heavy atom. The van der Waals surface area contributed by atoms with Crippen molar-refractivity contribution in [3.8, 4) is 0 Å². The molecule has 16 heavy (non-hydrogen) atoms. The first-order chi connectivity index (χ1) is 7.67. The lowest BCUT2D eigenvalue weighted by molar-refractivity contribution is 0.0369. The van der Waals surface area contributed by atoms with Crippen LogP contribution in [0, 0.1) is 0 Å². The Kier molecular flexibility index (Phi) is 5.88. The molecule has 0 aliphatic carbocycles. The molecule has 0 aromatic carbocycles. The Balaban J connectivity index is 2.27. The van der Waals surface area contributed by atoms with E-state index < -0.39 is 8.80 Å². The minimum Gasteiger partial charge on any atom is -0.378 e. The molecule has 96 valence electrons. The highest BCUT2D eigenvalue weighted by Crippen LogP contribution is 2.19. The summed E-state index contributed by atoms with van der Waals surface area (Å²) in [6.07, 6.45) is 2.65. The molecule has 0 amide bonds. The lowest BCUT2D eigenvalue weighted by Crippen LogP contribution is -2.43. The average Bonchev–Trinajstić information content (AvgIpc) is 2.71. The van der Waals surface area contributed by atoms with Gasteiger partial charge in [0.25, 0.3) is 0 Å². The molecule has 0 aromatic heterocycles. The van der Waals surface area contributed by atoms with E-state index in [1.807, 2.05) is 0 Å². The van der Waals surface area contributed by atoms with Crippen LogP contribution in [0.5, 0.6) is 0 Å². The molecule has 1 rings (SSSR count). The lowest BCUT2D eigenvalue weighted by atomic mass is 10.4. The van der Waals surface area contributed by atoms with Gasteiger partial charge in [0.05, 0.1) is 0 Å². The molecule has 1 saturated heterocycles. The molecular formula is C10H23NO4Si. The fraction of sp³-hybridized carbons (Fsp3) is 1.00. The van der Waals surface area contributed by atoms with Crippen molar-refractivity contribution in [2.75, 3.05) is 34.4 Å². The molecule has 5 nitrogen and oxygen atoms in total. The van der Waals surface area contributed by atoms with E-state index in [1.54, 1.807) is 21.3 Å². The summed E-state index contributed by atoms with van der Waals surface area (Å²) < 4.78 is 16.0. The zero-order chi connectivity index (χ0) is 12.0. The fourth-order valence-corrected chi connectivity index (χ4v) is 3.83. The minimum absolute atomic E-state index is 0.260. The summed E-state index contributed by atoms with van der Waals surface area (Å²) in [4.78, 5) is 2.10. The molecule has 1 N–H and O–H groups in total. The Morgan fingerprint density at radius 2 is 1.88 bits per heavy atom. The first-order valence-corrected chi connectivity index (χ1v) is 7.68. The molecule has 6 heteroatoms. The van der Waals surface area contributed by atoms with Crippen LogP contribution in [0.15, 0.2) is 0 Å². The molecular weight excluding hydrogens is 226 g/mol. The summed E-state index contributed by atoms with van der Waals surface area (Å²) in [7, 11) is 2.47.